The summed E-state index contributed by atoms with van der Waals surface area (Å²) >= 11 is 13.1. The van der Waals surface area contributed by atoms with Crippen LogP contribution in [0.15, 0.2) is 23.8 Å². The van der Waals surface area contributed by atoms with E-state index < -0.39 is 0 Å². The summed E-state index contributed by atoms with van der Waals surface area (Å²) in [6.45, 7) is 16.3. The first-order chi connectivity index (χ1) is 17.4. The summed E-state index contributed by atoms with van der Waals surface area (Å²) in [7, 11) is 0. The van der Waals surface area contributed by atoms with Crippen LogP contribution >= 0.6 is 23.2 Å². The predicted octanol–water partition coefficient (Wildman–Crippen LogP) is 5.81. The first-order valence-electron chi connectivity index (χ1n) is 13.1. The van der Waals surface area contributed by atoms with Gasteiger partial charge in [-0.3, -0.25) is 9.69 Å². The molecule has 0 bridgehead atoms. The van der Waals surface area contributed by atoms with E-state index in [0.717, 1.165) is 38.2 Å². The van der Waals surface area contributed by atoms with E-state index in [2.05, 4.69) is 55.1 Å². The number of halogens is 2. The highest BCUT2D eigenvalue weighted by Crippen LogP contribution is 2.38. The standard InChI is InChI=1S/C28H39Cl2N5O2/c1-16(2)34-8-7-19(15-34)35-24(14-32-22-10-20(28(4,5)6)21(29)11-23(22)36)33-27(30)25(35)26(37)17(3)9-18-12-31-13-18/h9-11,16,18-19,31-32,36H,7-8,12-15H2,1-6H3/b17-9-/t19-/m1/s1. The molecule has 0 radical (unpaired) electrons. The van der Waals surface area contributed by atoms with Gasteiger partial charge in [-0.05, 0) is 49.8 Å². The van der Waals surface area contributed by atoms with Crippen LogP contribution in [-0.4, -0.2) is 57.6 Å². The molecule has 0 aliphatic carbocycles. The molecule has 1 aromatic heterocycles. The Bertz CT molecular complexity index is 1190. The second kappa shape index (κ2) is 11.0. The summed E-state index contributed by atoms with van der Waals surface area (Å²) in [6.07, 6.45) is 2.95. The zero-order chi connectivity index (χ0) is 27.1. The maximum absolute atomic E-state index is 13.6. The number of aromatic nitrogens is 2. The molecule has 0 amide bonds. The number of rotatable bonds is 8. The monoisotopic (exact) mass is 547 g/mol. The molecular formula is C28H39Cl2N5O2. The van der Waals surface area contributed by atoms with Crippen molar-refractivity contribution in [3.05, 3.63) is 51.0 Å². The van der Waals surface area contributed by atoms with Gasteiger partial charge in [0, 0.05) is 55.3 Å². The number of Topliss-reactive ketones (excluding diaryl/α,β-unsaturated/α-hetero) is 1. The van der Waals surface area contributed by atoms with Gasteiger partial charge < -0.3 is 20.3 Å². The van der Waals surface area contributed by atoms with E-state index in [-0.39, 0.29) is 28.1 Å². The van der Waals surface area contributed by atoms with Crippen LogP contribution in [0, 0.1) is 5.92 Å². The number of likely N-dealkylation sites (tertiary alicyclic amines) is 1. The molecule has 7 nitrogen and oxygen atoms in total. The number of ketones is 1. The van der Waals surface area contributed by atoms with Crippen LogP contribution in [-0.2, 0) is 12.0 Å². The molecule has 2 aromatic rings. The van der Waals surface area contributed by atoms with Crippen molar-refractivity contribution < 1.29 is 9.90 Å². The minimum atomic E-state index is -0.188. The van der Waals surface area contributed by atoms with Gasteiger partial charge in [0.2, 0.25) is 5.78 Å². The summed E-state index contributed by atoms with van der Waals surface area (Å²) in [4.78, 5) is 20.7. The highest BCUT2D eigenvalue weighted by Gasteiger charge is 2.33. The summed E-state index contributed by atoms with van der Waals surface area (Å²) in [5, 5.41) is 17.9. The van der Waals surface area contributed by atoms with Gasteiger partial charge in [0.1, 0.15) is 17.3 Å². The Kier molecular flexibility index (Phi) is 8.29. The average molecular weight is 549 g/mol. The summed E-state index contributed by atoms with van der Waals surface area (Å²) < 4.78 is 2.04. The number of aromatic hydroxyl groups is 1. The molecule has 37 heavy (non-hydrogen) atoms. The van der Waals surface area contributed by atoms with Gasteiger partial charge in [0.15, 0.2) is 5.15 Å². The molecular weight excluding hydrogens is 509 g/mol. The zero-order valence-electron chi connectivity index (χ0n) is 22.7. The molecule has 202 valence electrons. The molecule has 2 fully saturated rings. The first kappa shape index (κ1) is 28.0. The predicted molar refractivity (Wildman–Crippen MR) is 151 cm³/mol. The van der Waals surface area contributed by atoms with Crippen LogP contribution in [0.1, 0.15) is 75.9 Å². The van der Waals surface area contributed by atoms with Gasteiger partial charge in [-0.15, -0.1) is 0 Å². The maximum atomic E-state index is 13.6. The van der Waals surface area contributed by atoms with Crippen molar-refractivity contribution in [3.63, 3.8) is 0 Å². The second-order valence-electron chi connectivity index (χ2n) is 11.6. The lowest BCUT2D eigenvalue weighted by Gasteiger charge is -2.25. The lowest BCUT2D eigenvalue weighted by atomic mass is 9.86. The molecule has 1 atom stereocenters. The third kappa shape index (κ3) is 6.00. The van der Waals surface area contributed by atoms with Gasteiger partial charge >= 0.3 is 0 Å². The van der Waals surface area contributed by atoms with E-state index in [4.69, 9.17) is 23.2 Å². The number of hydrogen-bond acceptors (Lipinski definition) is 6. The summed E-state index contributed by atoms with van der Waals surface area (Å²) in [6, 6.07) is 3.95. The molecule has 4 rings (SSSR count). The van der Waals surface area contributed by atoms with Crippen molar-refractivity contribution in [2.75, 3.05) is 31.5 Å². The lowest BCUT2D eigenvalue weighted by molar-refractivity contribution is 0.102. The minimum Gasteiger partial charge on any atom is -0.506 e. The van der Waals surface area contributed by atoms with Gasteiger partial charge in [-0.1, -0.05) is 50.0 Å². The lowest BCUT2D eigenvalue weighted by Crippen LogP contribution is -2.41. The van der Waals surface area contributed by atoms with Crippen LogP contribution in [0.25, 0.3) is 0 Å². The van der Waals surface area contributed by atoms with Crippen molar-refractivity contribution >= 4 is 34.7 Å². The first-order valence-corrected chi connectivity index (χ1v) is 13.8. The van der Waals surface area contributed by atoms with E-state index in [9.17, 15) is 9.90 Å². The number of nitrogens with one attached hydrogen (secondary N) is 2. The second-order valence-corrected chi connectivity index (χ2v) is 12.4. The van der Waals surface area contributed by atoms with Crippen molar-refractivity contribution in [2.24, 2.45) is 5.92 Å². The zero-order valence-corrected chi connectivity index (χ0v) is 24.2. The average Bonchev–Trinajstić information content (AvgIpc) is 3.38. The number of phenols is 1. The van der Waals surface area contributed by atoms with Crippen molar-refractivity contribution in [3.8, 4) is 5.75 Å². The van der Waals surface area contributed by atoms with Crippen LogP contribution < -0.4 is 10.6 Å². The number of carbonyl (C=O) groups excluding carboxylic acids is 1. The van der Waals surface area contributed by atoms with Gasteiger partial charge in [-0.2, -0.15) is 0 Å². The van der Waals surface area contributed by atoms with Crippen molar-refractivity contribution in [1.82, 2.24) is 19.8 Å². The molecule has 1 aromatic carbocycles. The third-order valence-corrected chi connectivity index (χ3v) is 8.01. The van der Waals surface area contributed by atoms with E-state index in [1.807, 2.05) is 23.6 Å². The number of anilines is 1. The normalized spacial score (nSPS) is 19.5. The summed E-state index contributed by atoms with van der Waals surface area (Å²) in [5.74, 6) is 1.03. The number of phenolic OH excluding ortho intramolecular Hbond substituents is 1. The molecule has 0 spiro atoms. The Labute approximate surface area is 230 Å². The Morgan fingerprint density at radius 3 is 2.57 bits per heavy atom. The molecule has 2 aliphatic heterocycles. The van der Waals surface area contributed by atoms with Crippen LogP contribution in [0.2, 0.25) is 10.2 Å². The van der Waals surface area contributed by atoms with Gasteiger partial charge in [-0.25, -0.2) is 4.98 Å². The fraction of sp³-hybridized carbons (Fsp3) is 0.571. The van der Waals surface area contributed by atoms with Crippen molar-refractivity contribution in [2.45, 2.75) is 72.0 Å². The maximum Gasteiger partial charge on any atom is 0.208 e. The molecule has 0 saturated carbocycles. The molecule has 3 heterocycles. The number of nitrogens with zero attached hydrogens (tertiary/aromatic N) is 3. The van der Waals surface area contributed by atoms with E-state index in [1.165, 1.54) is 0 Å². The number of benzene rings is 1. The van der Waals surface area contributed by atoms with Crippen LogP contribution in [0.4, 0.5) is 5.69 Å². The molecule has 3 N–H and O–H groups in total. The molecule has 2 aliphatic rings. The molecule has 2 saturated heterocycles. The van der Waals surface area contributed by atoms with E-state index in [0.29, 0.717) is 46.3 Å². The third-order valence-electron chi connectivity index (χ3n) is 7.43. The number of imidazole rings is 1. The van der Waals surface area contributed by atoms with E-state index in [1.54, 1.807) is 6.07 Å². The van der Waals surface area contributed by atoms with Crippen LogP contribution in [0.5, 0.6) is 5.75 Å². The minimum absolute atomic E-state index is 0.0678. The SMILES string of the molecule is C/C(=C/C1CNC1)C(=O)c1c(Cl)nc(CNc2cc(C(C)(C)C)c(Cl)cc2O)n1[C@@H]1CCN(C(C)C)C1. The quantitative estimate of drug-likeness (QED) is 0.220. The largest absolute Gasteiger partial charge is 0.506 e. The molecule has 9 heteroatoms. The molecule has 0 unspecified atom stereocenters. The number of hydrogen-bond donors (Lipinski definition) is 3. The topological polar surface area (TPSA) is 82.4 Å². The van der Waals surface area contributed by atoms with Gasteiger partial charge in [0.05, 0.1) is 12.2 Å². The Morgan fingerprint density at radius 1 is 1.30 bits per heavy atom. The summed E-state index contributed by atoms with van der Waals surface area (Å²) in [5.41, 5.74) is 2.45. The Morgan fingerprint density at radius 2 is 2.00 bits per heavy atom. The van der Waals surface area contributed by atoms with Gasteiger partial charge in [0.25, 0.3) is 0 Å². The fourth-order valence-electron chi connectivity index (χ4n) is 5.12. The number of allylic oxidation sites excluding steroid dienone is 1. The van der Waals surface area contributed by atoms with Crippen LogP contribution in [0.3, 0.4) is 0 Å². The van der Waals surface area contributed by atoms with E-state index >= 15 is 0 Å². The Balaban J connectivity index is 1.68. The fourth-order valence-corrected chi connectivity index (χ4v) is 5.83. The Hall–Kier alpha value is -2.06. The highest BCUT2D eigenvalue weighted by molar-refractivity contribution is 6.33. The van der Waals surface area contributed by atoms with Crippen molar-refractivity contribution in [1.29, 1.82) is 0 Å². The number of carbonyl (C=O) groups is 1. The highest BCUT2D eigenvalue weighted by atomic mass is 35.5. The smallest absolute Gasteiger partial charge is 0.208 e.